The fraction of sp³-hybridized carbons (Fsp3) is 0.250. The lowest BCUT2D eigenvalue weighted by Gasteiger charge is -2.09. The zero-order chi connectivity index (χ0) is 14.8. The second-order valence-electron chi connectivity index (χ2n) is 4.27. The first-order valence-corrected chi connectivity index (χ1v) is 8.47. The van der Waals surface area contributed by atoms with Gasteiger partial charge in [-0.05, 0) is 54.8 Å². The number of H-pyrrole nitrogens is 1. The van der Waals surface area contributed by atoms with Gasteiger partial charge in [-0.2, -0.15) is 5.10 Å². The standard InChI is InChI=1S/C12H15IN4O2S/c1-8-12(11(7-14-2)16-15-8)20(18,19)17-10-5-3-4-9(13)6-10/h3-6,14,17H,7H2,1-2H3,(H,15,16). The summed E-state index contributed by atoms with van der Waals surface area (Å²) in [7, 11) is -1.91. The van der Waals surface area contributed by atoms with Crippen LogP contribution in [0.25, 0.3) is 0 Å². The Balaban J connectivity index is 2.38. The number of hydrogen-bond donors (Lipinski definition) is 3. The molecule has 8 heteroatoms. The van der Waals surface area contributed by atoms with E-state index in [2.05, 4.69) is 42.8 Å². The lowest BCUT2D eigenvalue weighted by molar-refractivity contribution is 0.598. The quantitative estimate of drug-likeness (QED) is 0.662. The maximum Gasteiger partial charge on any atom is 0.265 e. The first-order valence-electron chi connectivity index (χ1n) is 5.91. The molecular weight excluding hydrogens is 391 g/mol. The smallest absolute Gasteiger partial charge is 0.265 e. The highest BCUT2D eigenvalue weighted by atomic mass is 127. The van der Waals surface area contributed by atoms with Gasteiger partial charge in [-0.25, -0.2) is 8.42 Å². The molecule has 0 fully saturated rings. The van der Waals surface area contributed by atoms with E-state index in [4.69, 9.17) is 0 Å². The van der Waals surface area contributed by atoms with Crippen LogP contribution in [0.4, 0.5) is 5.69 Å². The molecule has 3 N–H and O–H groups in total. The number of nitrogens with one attached hydrogen (secondary N) is 3. The summed E-state index contributed by atoms with van der Waals surface area (Å²) in [6.07, 6.45) is 0. The minimum atomic E-state index is -3.66. The van der Waals surface area contributed by atoms with Crippen LogP contribution in [0.15, 0.2) is 29.2 Å². The molecule has 2 rings (SSSR count). The third kappa shape index (κ3) is 3.30. The highest BCUT2D eigenvalue weighted by molar-refractivity contribution is 14.1. The van der Waals surface area contributed by atoms with Gasteiger partial charge in [-0.1, -0.05) is 6.07 Å². The highest BCUT2D eigenvalue weighted by Crippen LogP contribution is 2.22. The molecule has 108 valence electrons. The molecule has 1 aromatic heterocycles. The monoisotopic (exact) mass is 406 g/mol. The first-order chi connectivity index (χ1) is 9.44. The van der Waals surface area contributed by atoms with Crippen LogP contribution >= 0.6 is 22.6 Å². The SMILES string of the molecule is CNCc1n[nH]c(C)c1S(=O)(=O)Nc1cccc(I)c1. The van der Waals surface area contributed by atoms with Gasteiger partial charge >= 0.3 is 0 Å². The van der Waals surface area contributed by atoms with Crippen LogP contribution in [-0.4, -0.2) is 25.7 Å². The lowest BCUT2D eigenvalue weighted by atomic mass is 10.3. The molecule has 0 aliphatic carbocycles. The van der Waals surface area contributed by atoms with Crippen molar-refractivity contribution in [2.45, 2.75) is 18.4 Å². The second kappa shape index (κ2) is 6.10. The zero-order valence-electron chi connectivity index (χ0n) is 11.1. The van der Waals surface area contributed by atoms with Gasteiger partial charge < -0.3 is 5.32 Å². The Bertz CT molecular complexity index is 712. The largest absolute Gasteiger partial charge is 0.314 e. The van der Waals surface area contributed by atoms with Crippen molar-refractivity contribution in [3.8, 4) is 0 Å². The van der Waals surface area contributed by atoms with Crippen LogP contribution in [0.3, 0.4) is 0 Å². The minimum absolute atomic E-state index is 0.200. The van der Waals surface area contributed by atoms with Gasteiger partial charge in [0.25, 0.3) is 10.0 Å². The number of nitrogens with zero attached hydrogens (tertiary/aromatic N) is 1. The summed E-state index contributed by atoms with van der Waals surface area (Å²) in [4.78, 5) is 0.200. The Kier molecular flexibility index (Phi) is 4.66. The predicted molar refractivity (Wildman–Crippen MR) is 86.1 cm³/mol. The highest BCUT2D eigenvalue weighted by Gasteiger charge is 2.24. The summed E-state index contributed by atoms with van der Waals surface area (Å²) in [6.45, 7) is 2.07. The number of benzene rings is 1. The number of rotatable bonds is 5. The van der Waals surface area contributed by atoms with Crippen molar-refractivity contribution in [1.82, 2.24) is 15.5 Å². The van der Waals surface area contributed by atoms with Gasteiger partial charge in [-0.3, -0.25) is 9.82 Å². The van der Waals surface area contributed by atoms with Crippen molar-refractivity contribution in [1.29, 1.82) is 0 Å². The Morgan fingerprint density at radius 3 is 2.80 bits per heavy atom. The predicted octanol–water partition coefficient (Wildman–Crippen LogP) is 1.84. The molecule has 0 amide bonds. The second-order valence-corrected chi connectivity index (χ2v) is 7.14. The van der Waals surface area contributed by atoms with Gasteiger partial charge in [0.1, 0.15) is 4.90 Å². The maximum atomic E-state index is 12.5. The van der Waals surface area contributed by atoms with Crippen molar-refractivity contribution in [2.75, 3.05) is 11.8 Å². The Labute approximate surface area is 131 Å². The van der Waals surface area contributed by atoms with Gasteiger partial charge in [0.2, 0.25) is 0 Å². The average Bonchev–Trinajstić information content (AvgIpc) is 2.71. The van der Waals surface area contributed by atoms with Crippen LogP contribution in [0.2, 0.25) is 0 Å². The van der Waals surface area contributed by atoms with Crippen molar-refractivity contribution in [3.05, 3.63) is 39.2 Å². The third-order valence-electron chi connectivity index (χ3n) is 2.65. The normalized spacial score (nSPS) is 11.6. The van der Waals surface area contributed by atoms with E-state index in [9.17, 15) is 8.42 Å². The number of hydrogen-bond acceptors (Lipinski definition) is 4. The molecule has 0 saturated carbocycles. The molecule has 1 heterocycles. The molecule has 0 aliphatic heterocycles. The number of halogens is 1. The third-order valence-corrected chi connectivity index (χ3v) is 4.91. The number of anilines is 1. The number of aromatic amines is 1. The maximum absolute atomic E-state index is 12.5. The summed E-state index contributed by atoms with van der Waals surface area (Å²) in [6, 6.07) is 7.18. The van der Waals surface area contributed by atoms with E-state index in [1.54, 1.807) is 32.2 Å². The Morgan fingerprint density at radius 1 is 1.40 bits per heavy atom. The van der Waals surface area contributed by atoms with Crippen LogP contribution < -0.4 is 10.0 Å². The fourth-order valence-corrected chi connectivity index (χ4v) is 3.83. The van der Waals surface area contributed by atoms with Crippen LogP contribution in [0.5, 0.6) is 0 Å². The molecule has 6 nitrogen and oxygen atoms in total. The van der Waals surface area contributed by atoms with Crippen molar-refractivity contribution < 1.29 is 8.42 Å². The fourth-order valence-electron chi connectivity index (χ4n) is 1.87. The summed E-state index contributed by atoms with van der Waals surface area (Å²) >= 11 is 2.13. The number of sulfonamides is 1. The van der Waals surface area contributed by atoms with E-state index in [-0.39, 0.29) is 4.90 Å². The molecule has 0 unspecified atom stereocenters. The summed E-state index contributed by atoms with van der Waals surface area (Å²) in [5, 5.41) is 9.64. The van der Waals surface area contributed by atoms with E-state index in [0.29, 0.717) is 23.6 Å². The topological polar surface area (TPSA) is 86.9 Å². The van der Waals surface area contributed by atoms with Crippen LogP contribution in [0, 0.1) is 10.5 Å². The van der Waals surface area contributed by atoms with Crippen molar-refractivity contribution in [2.24, 2.45) is 0 Å². The zero-order valence-corrected chi connectivity index (χ0v) is 14.0. The summed E-state index contributed by atoms with van der Waals surface area (Å²) < 4.78 is 28.5. The number of aromatic nitrogens is 2. The van der Waals surface area contributed by atoms with E-state index in [0.717, 1.165) is 3.57 Å². The Morgan fingerprint density at radius 2 is 2.15 bits per heavy atom. The molecular formula is C12H15IN4O2S. The van der Waals surface area contributed by atoms with Crippen molar-refractivity contribution >= 4 is 38.3 Å². The molecule has 0 spiro atoms. The molecule has 2 aromatic rings. The van der Waals surface area contributed by atoms with Crippen LogP contribution in [-0.2, 0) is 16.6 Å². The Hall–Kier alpha value is -1.13. The molecule has 1 aromatic carbocycles. The van der Waals surface area contributed by atoms with E-state index in [1.807, 2.05) is 6.07 Å². The minimum Gasteiger partial charge on any atom is -0.314 e. The molecule has 0 radical (unpaired) electrons. The first kappa shape index (κ1) is 15.3. The van der Waals surface area contributed by atoms with Gasteiger partial charge in [-0.15, -0.1) is 0 Å². The average molecular weight is 406 g/mol. The summed E-state index contributed by atoms with van der Waals surface area (Å²) in [5.41, 5.74) is 1.53. The van der Waals surface area contributed by atoms with Crippen molar-refractivity contribution in [3.63, 3.8) is 0 Å². The van der Waals surface area contributed by atoms with E-state index < -0.39 is 10.0 Å². The van der Waals surface area contributed by atoms with Gasteiger partial charge in [0.05, 0.1) is 11.4 Å². The molecule has 0 bridgehead atoms. The van der Waals surface area contributed by atoms with Crippen LogP contribution in [0.1, 0.15) is 11.4 Å². The van der Waals surface area contributed by atoms with Gasteiger partial charge in [0.15, 0.2) is 0 Å². The molecule has 0 saturated heterocycles. The molecule has 20 heavy (non-hydrogen) atoms. The van der Waals surface area contributed by atoms with E-state index >= 15 is 0 Å². The lowest BCUT2D eigenvalue weighted by Crippen LogP contribution is -2.17. The summed E-state index contributed by atoms with van der Waals surface area (Å²) in [5.74, 6) is 0. The molecule has 0 aliphatic rings. The molecule has 0 atom stereocenters. The number of aryl methyl sites for hydroxylation is 1. The van der Waals surface area contributed by atoms with Gasteiger partial charge in [0, 0.05) is 15.8 Å². The van der Waals surface area contributed by atoms with E-state index in [1.165, 1.54) is 0 Å².